The van der Waals surface area contributed by atoms with Gasteiger partial charge in [0.05, 0.1) is 93.3 Å². The number of hydrogen-bond acceptors (Lipinski definition) is 26. The Labute approximate surface area is 789 Å². The van der Waals surface area contributed by atoms with Gasteiger partial charge in [-0.1, -0.05) is 146 Å². The van der Waals surface area contributed by atoms with E-state index >= 15 is 0 Å². The number of carbonyl (C=O) groups excluding carboxylic acids is 8. The van der Waals surface area contributed by atoms with Gasteiger partial charge in [-0.15, -0.1) is 0 Å². The van der Waals surface area contributed by atoms with Gasteiger partial charge < -0.3 is 111 Å². The van der Waals surface area contributed by atoms with E-state index in [-0.39, 0.29) is 176 Å². The maximum absolute atomic E-state index is 10.8. The van der Waals surface area contributed by atoms with Crippen LogP contribution in [0.15, 0.2) is 341 Å². The first-order chi connectivity index (χ1) is 56.2. The van der Waals surface area contributed by atoms with Gasteiger partial charge in [-0.25, -0.2) is 0 Å². The number of nitrogens with zero attached hydrogens (tertiary/aromatic N) is 8. The van der Waals surface area contributed by atoms with E-state index in [9.17, 15) is 79.2 Å². The summed E-state index contributed by atoms with van der Waals surface area (Å²) in [6.45, 7) is 0. The van der Waals surface area contributed by atoms with E-state index in [2.05, 4.69) is 39.9 Å². The Balaban J connectivity index is 0. The fraction of sp³-hybridized carbons (Fsp3) is 0.0222. The monoisotopic (exact) mass is 2070 g/mol. The van der Waals surface area contributed by atoms with Crippen molar-refractivity contribution in [1.82, 2.24) is 39.9 Å². The standard InChI is InChI=1S/4C12H8O4.4C10H8N2.2CH4O.4Cd.4H2O/c4*13-11(14)9-5-7-3-1-2-4-8(7)6-10(9)12(15)16;4*1-3-7-11-9(5-1)10-6-2-4-8-12-10;2*1-2;;;;;;;;/h4*1-6H,(H,13,14)(H,15,16);4*1-8H;2*2H,1H3;;;;;4*1H2/q;;;;;;;;;;4*+2;;;;/p-8. The van der Waals surface area contributed by atoms with E-state index in [1.807, 2.05) is 146 Å². The van der Waals surface area contributed by atoms with Crippen LogP contribution in [0, 0.1) is 0 Å². The number of aromatic nitrogens is 8. The van der Waals surface area contributed by atoms with Crippen molar-refractivity contribution in [1.29, 1.82) is 0 Å². The fourth-order valence-corrected chi connectivity index (χ4v) is 10.4. The van der Waals surface area contributed by atoms with Gasteiger partial charge in [0, 0.05) is 108 Å². The maximum Gasteiger partial charge on any atom is 2.00 e. The molecule has 0 saturated carbocycles. The molecule has 0 spiro atoms. The molecule has 8 aromatic carbocycles. The average Bonchev–Trinajstić information content (AvgIpc) is 0.815. The third-order valence-electron chi connectivity index (χ3n) is 15.7. The molecule has 10 N–H and O–H groups in total. The minimum absolute atomic E-state index is 0. The number of aliphatic hydroxyl groups excluding tert-OH is 2. The first-order valence-electron chi connectivity index (χ1n) is 34.3. The van der Waals surface area contributed by atoms with Crippen molar-refractivity contribution in [3.63, 3.8) is 0 Å². The zero-order chi connectivity index (χ0) is 83.7. The molecular weight excluding hydrogens is 1990 g/mol. The Morgan fingerprint density at radius 3 is 0.339 bits per heavy atom. The molecule has 0 unspecified atom stereocenters. The molecule has 612 valence electrons. The normalized spacial score (nSPS) is 9.13. The smallest absolute Gasteiger partial charge is 0.545 e. The SMILES string of the molecule is CO.CO.O.O.O.O.O=C([O-])c1cc2ccccc2cc1C(=O)[O-].O=C([O-])c1cc2ccccc2cc1C(=O)[O-].O=C([O-])c1cc2ccccc2cc1C(=O)[O-].O=C([O-])c1cc2ccccc2cc1C(=O)[O-].[Cd+2].[Cd+2].[Cd+2].[Cd+2].c1ccc(-c2ccccn2)nc1.c1ccc(-c2ccccn2)nc1.c1ccc(-c2ccccn2)nc1.c1ccc(-c2ccccn2)nc1. The van der Waals surface area contributed by atoms with Crippen molar-refractivity contribution in [2.24, 2.45) is 0 Å². The van der Waals surface area contributed by atoms with Gasteiger partial charge in [-0.2, -0.15) is 0 Å². The zero-order valence-electron chi connectivity index (χ0n) is 66.2. The molecule has 0 radical (unpaired) electrons. The summed E-state index contributed by atoms with van der Waals surface area (Å²) in [7, 11) is 2.00. The van der Waals surface area contributed by atoms with Gasteiger partial charge in [0.2, 0.25) is 0 Å². The number of hydrogen-bond donors (Lipinski definition) is 2. The minimum Gasteiger partial charge on any atom is -0.545 e. The molecule has 0 bridgehead atoms. The molecule has 0 aliphatic rings. The molecule has 0 fully saturated rings. The predicted molar refractivity (Wildman–Crippen MR) is 431 cm³/mol. The number of benzene rings is 8. The summed E-state index contributed by atoms with van der Waals surface area (Å²) >= 11 is 0. The Bertz CT molecular complexity index is 4860. The van der Waals surface area contributed by atoms with Crippen LogP contribution in [0.2, 0.25) is 0 Å². The summed E-state index contributed by atoms with van der Waals surface area (Å²) in [5, 5.41) is 105. The topological polar surface area (TPSA) is 591 Å². The summed E-state index contributed by atoms with van der Waals surface area (Å²) in [6.07, 6.45) is 14.1. The van der Waals surface area contributed by atoms with Crippen molar-refractivity contribution in [2.45, 2.75) is 0 Å². The Hall–Kier alpha value is -12.8. The van der Waals surface area contributed by atoms with Crippen LogP contribution in [0.5, 0.6) is 0 Å². The first-order valence-corrected chi connectivity index (χ1v) is 34.3. The Morgan fingerprint density at radius 2 is 0.266 bits per heavy atom. The van der Waals surface area contributed by atoms with Crippen molar-refractivity contribution >= 4 is 90.8 Å². The van der Waals surface area contributed by atoms with Gasteiger partial charge in [-0.05, 0) is 189 Å². The predicted octanol–water partition coefficient (Wildman–Crippen LogP) is 2.75. The molecule has 0 aliphatic heterocycles. The minimum atomic E-state index is -1.52. The molecule has 0 atom stereocenters. The number of carboxylic acid groups (broad SMARTS) is 8. The second-order valence-electron chi connectivity index (χ2n) is 23.0. The summed E-state index contributed by atoms with van der Waals surface area (Å²) in [4.78, 5) is 120. The number of rotatable bonds is 12. The number of aliphatic hydroxyl groups is 2. The van der Waals surface area contributed by atoms with Gasteiger partial charge in [0.15, 0.2) is 0 Å². The molecule has 8 heterocycles. The average molecular weight is 2070 g/mol. The van der Waals surface area contributed by atoms with Gasteiger partial charge in [-0.3, -0.25) is 39.9 Å². The first kappa shape index (κ1) is 113. The molecular formula is C90H72Cd4N8O22. The molecule has 0 amide bonds. The van der Waals surface area contributed by atoms with Gasteiger partial charge >= 0.3 is 109 Å². The third-order valence-corrected chi connectivity index (χ3v) is 15.7. The van der Waals surface area contributed by atoms with Crippen LogP contribution in [-0.4, -0.2) is 134 Å². The summed E-state index contributed by atoms with van der Waals surface area (Å²) < 4.78 is 0. The van der Waals surface area contributed by atoms with Crippen LogP contribution in [0.1, 0.15) is 82.9 Å². The fourth-order valence-electron chi connectivity index (χ4n) is 10.4. The van der Waals surface area contributed by atoms with Crippen LogP contribution in [0.25, 0.3) is 88.6 Å². The van der Waals surface area contributed by atoms with E-state index in [1.54, 1.807) is 147 Å². The zero-order valence-corrected chi connectivity index (χ0v) is 82.3. The number of carboxylic acids is 8. The number of aromatic carboxylic acids is 8. The largest absolute Gasteiger partial charge is 2.00 e. The molecule has 0 aliphatic carbocycles. The van der Waals surface area contributed by atoms with Crippen LogP contribution in [0.3, 0.4) is 0 Å². The van der Waals surface area contributed by atoms with Crippen LogP contribution in [0.4, 0.5) is 0 Å². The molecule has 0 saturated heterocycles. The van der Waals surface area contributed by atoms with Crippen molar-refractivity contribution < 1.29 is 221 Å². The van der Waals surface area contributed by atoms with Crippen molar-refractivity contribution in [3.8, 4) is 45.6 Å². The van der Waals surface area contributed by atoms with E-state index in [0.717, 1.165) is 59.8 Å². The second kappa shape index (κ2) is 60.7. The quantitative estimate of drug-likeness (QED) is 0.166. The molecule has 16 aromatic rings. The number of carbonyl (C=O) groups is 8. The molecule has 30 nitrogen and oxygen atoms in total. The van der Waals surface area contributed by atoms with Crippen molar-refractivity contribution in [3.05, 3.63) is 385 Å². The number of pyridine rings is 8. The summed E-state index contributed by atoms with van der Waals surface area (Å²) in [5.41, 5.74) is 4.42. The summed E-state index contributed by atoms with van der Waals surface area (Å²) in [5.74, 6) is -12.2. The third kappa shape index (κ3) is 35.0. The molecule has 124 heavy (non-hydrogen) atoms. The second-order valence-corrected chi connectivity index (χ2v) is 23.0. The van der Waals surface area contributed by atoms with Gasteiger partial charge in [0.25, 0.3) is 0 Å². The Kier molecular flexibility index (Phi) is 55.4. The maximum atomic E-state index is 10.8. The van der Waals surface area contributed by atoms with Crippen LogP contribution >= 0.6 is 0 Å². The molecule has 34 heteroatoms. The van der Waals surface area contributed by atoms with E-state index in [4.69, 9.17) is 10.2 Å². The van der Waals surface area contributed by atoms with E-state index in [1.165, 1.54) is 48.5 Å². The molecule has 8 aromatic heterocycles. The molecule has 16 rings (SSSR count). The van der Waals surface area contributed by atoms with Crippen LogP contribution in [-0.2, 0) is 109 Å². The number of fused-ring (bicyclic) bond motifs is 4. The summed E-state index contributed by atoms with van der Waals surface area (Å²) in [6, 6.07) is 84.0. The van der Waals surface area contributed by atoms with E-state index < -0.39 is 47.8 Å². The van der Waals surface area contributed by atoms with Gasteiger partial charge in [0.1, 0.15) is 0 Å². The van der Waals surface area contributed by atoms with E-state index in [0.29, 0.717) is 43.1 Å². The van der Waals surface area contributed by atoms with Crippen LogP contribution < -0.4 is 40.9 Å². The van der Waals surface area contributed by atoms with Crippen molar-refractivity contribution in [2.75, 3.05) is 14.2 Å². The Morgan fingerprint density at radius 1 is 0.177 bits per heavy atom.